The number of urea groups is 1. The Bertz CT molecular complexity index is 1600. The van der Waals surface area contributed by atoms with Crippen LogP contribution < -0.4 is 43.8 Å². The van der Waals surface area contributed by atoms with E-state index in [4.69, 9.17) is 9.98 Å². The summed E-state index contributed by atoms with van der Waals surface area (Å²) >= 11 is 0. The number of aliphatic imine (C=N–C) groups is 2. The van der Waals surface area contributed by atoms with E-state index in [-0.39, 0.29) is 56.5 Å². The van der Waals surface area contributed by atoms with Gasteiger partial charge in [-0.15, -0.1) is 0 Å². The van der Waals surface area contributed by atoms with Gasteiger partial charge in [0.1, 0.15) is 0 Å². The molecule has 0 aromatic heterocycles. The first-order valence-corrected chi connectivity index (χ1v) is 15.6. The topological polar surface area (TPSA) is 66.7 Å². The maximum absolute atomic E-state index is 14.7. The second kappa shape index (κ2) is 19.9. The number of nitrogens with zero attached hydrogens (tertiary/aromatic N) is 4. The van der Waals surface area contributed by atoms with Crippen molar-refractivity contribution in [3.8, 4) is 0 Å². The molecule has 1 saturated heterocycles. The molecule has 49 heavy (non-hydrogen) atoms. The van der Waals surface area contributed by atoms with Crippen LogP contribution in [0.5, 0.6) is 0 Å². The Kier molecular flexibility index (Phi) is 17.8. The number of aryl methyl sites for hydroxylation is 8. The number of carbonyl (C=O) groups excluding carboxylic acids is 1. The van der Waals surface area contributed by atoms with Gasteiger partial charge in [0.05, 0.1) is 36.0 Å². The number of amides is 2. The fourth-order valence-corrected chi connectivity index (χ4v) is 5.74. The Balaban J connectivity index is 0.00000123. The summed E-state index contributed by atoms with van der Waals surface area (Å²) in [5, 5.41) is 0. The predicted molar refractivity (Wildman–Crippen MR) is 192 cm³/mol. The molecule has 1 fully saturated rings. The molecule has 0 aliphatic carbocycles. The number of rotatable bonds is 7. The Morgan fingerprint density at radius 3 is 0.980 bits per heavy atom. The third kappa shape index (κ3) is 9.77. The molecule has 0 saturated carbocycles. The summed E-state index contributed by atoms with van der Waals surface area (Å²) in [7, 11) is 3.30. The molecule has 0 atom stereocenters. The zero-order valence-corrected chi connectivity index (χ0v) is 34.1. The molecule has 0 unspecified atom stereocenters. The van der Waals surface area contributed by atoms with Crippen LogP contribution in [0.4, 0.5) is 27.5 Å². The SMILES string of the molecule is COCCOC.Cc1cccc(C)c1N=C1C(=Nc2c(C)cccc2C)N(c2c(C)cccc2C)C(=O)N1c1c(C)cccc1C.[Br-].[Br-].[Ni+2]. The number of hydrogen-bond donors (Lipinski definition) is 0. The van der Waals surface area contributed by atoms with E-state index < -0.39 is 0 Å². The molecule has 1 aliphatic rings. The first kappa shape index (κ1) is 43.9. The number of halogens is 2. The van der Waals surface area contributed by atoms with Gasteiger partial charge in [-0.2, -0.15) is 0 Å². The molecule has 0 N–H and O–H groups in total. The number of hydrogen-bond acceptors (Lipinski definition) is 5. The summed E-state index contributed by atoms with van der Waals surface area (Å²) < 4.78 is 9.31. The van der Waals surface area contributed by atoms with Gasteiger partial charge in [-0.3, -0.25) is 0 Å². The molecular formula is C39H46Br2N4NiO3. The molecule has 10 heteroatoms. The summed E-state index contributed by atoms with van der Waals surface area (Å²) in [6.45, 7) is 17.7. The average molecular weight is 837 g/mol. The molecule has 1 aliphatic heterocycles. The molecule has 0 radical (unpaired) electrons. The predicted octanol–water partition coefficient (Wildman–Crippen LogP) is 3.35. The van der Waals surface area contributed by atoms with Crippen LogP contribution in [0.3, 0.4) is 0 Å². The molecule has 0 bridgehead atoms. The van der Waals surface area contributed by atoms with Gasteiger partial charge in [0.25, 0.3) is 0 Å². The van der Waals surface area contributed by atoms with Crippen molar-refractivity contribution in [3.63, 3.8) is 0 Å². The molecule has 4 aromatic rings. The maximum atomic E-state index is 14.7. The molecule has 264 valence electrons. The normalized spacial score (nSPS) is 13.8. The number of methoxy groups -OCH3 is 2. The van der Waals surface area contributed by atoms with E-state index >= 15 is 0 Å². The molecule has 5 rings (SSSR count). The standard InChI is InChI=1S/C35H36N4O.C4H10O2.2BrH.Ni/c1-21-13-9-14-22(2)29(21)36-33-34(37-30-23(3)15-10-16-24(30)4)39(32-27(7)19-12-20-28(32)8)35(40)38(33)31-25(5)17-11-18-26(31)6;1-5-3-4-6-2;;;/h9-20H,1-8H3;3-4H2,1-2H3;2*1H;/q;;;;+2/p-2. The van der Waals surface area contributed by atoms with Gasteiger partial charge in [0, 0.05) is 14.2 Å². The van der Waals surface area contributed by atoms with Crippen molar-refractivity contribution in [1.29, 1.82) is 0 Å². The van der Waals surface area contributed by atoms with Crippen LogP contribution >= 0.6 is 0 Å². The van der Waals surface area contributed by atoms with Crippen LogP contribution in [0.25, 0.3) is 0 Å². The quantitative estimate of drug-likeness (QED) is 0.212. The van der Waals surface area contributed by atoms with E-state index in [0.717, 1.165) is 67.3 Å². The zero-order valence-electron chi connectivity index (χ0n) is 29.9. The van der Waals surface area contributed by atoms with Gasteiger partial charge in [0.15, 0.2) is 11.7 Å². The number of para-hydroxylation sites is 4. The third-order valence-electron chi connectivity index (χ3n) is 8.14. The zero-order chi connectivity index (χ0) is 33.5. The van der Waals surface area contributed by atoms with Crippen molar-refractivity contribution in [2.45, 2.75) is 55.4 Å². The van der Waals surface area contributed by atoms with Gasteiger partial charge >= 0.3 is 22.5 Å². The second-order valence-electron chi connectivity index (χ2n) is 11.8. The third-order valence-corrected chi connectivity index (χ3v) is 8.14. The van der Waals surface area contributed by atoms with E-state index in [2.05, 4.69) is 61.4 Å². The summed E-state index contributed by atoms with van der Waals surface area (Å²) in [6, 6.07) is 24.3. The minimum atomic E-state index is -0.190. The van der Waals surface area contributed by atoms with Crippen LogP contribution in [0.15, 0.2) is 82.8 Å². The molecule has 2 amide bonds. The summed E-state index contributed by atoms with van der Waals surface area (Å²) in [4.78, 5) is 28.8. The minimum absolute atomic E-state index is 0. The Morgan fingerprint density at radius 1 is 0.490 bits per heavy atom. The van der Waals surface area contributed by atoms with E-state index in [1.807, 2.05) is 76.2 Å². The Hall–Kier alpha value is -3.14. The molecule has 0 spiro atoms. The minimum Gasteiger partial charge on any atom is -1.00 e. The smallest absolute Gasteiger partial charge is 1.00 e. The second-order valence-corrected chi connectivity index (χ2v) is 11.8. The summed E-state index contributed by atoms with van der Waals surface area (Å²) in [5.74, 6) is 1.04. The number of carbonyl (C=O) groups is 1. The van der Waals surface area contributed by atoms with Crippen LogP contribution in [0.2, 0.25) is 0 Å². The van der Waals surface area contributed by atoms with E-state index in [9.17, 15) is 4.79 Å². The van der Waals surface area contributed by atoms with Crippen molar-refractivity contribution in [2.24, 2.45) is 9.98 Å². The summed E-state index contributed by atoms with van der Waals surface area (Å²) in [6.07, 6.45) is 0. The largest absolute Gasteiger partial charge is 2.00 e. The molecule has 4 aromatic carbocycles. The van der Waals surface area contributed by atoms with Crippen molar-refractivity contribution >= 4 is 40.5 Å². The number of benzene rings is 4. The van der Waals surface area contributed by atoms with Crippen LogP contribution in [0, 0.1) is 55.4 Å². The van der Waals surface area contributed by atoms with E-state index in [1.165, 1.54) is 0 Å². The van der Waals surface area contributed by atoms with Gasteiger partial charge in [-0.1, -0.05) is 72.8 Å². The van der Waals surface area contributed by atoms with Crippen LogP contribution in [-0.2, 0) is 26.0 Å². The summed E-state index contributed by atoms with van der Waals surface area (Å²) in [5.41, 5.74) is 11.5. The van der Waals surface area contributed by atoms with Crippen molar-refractivity contribution in [2.75, 3.05) is 37.2 Å². The van der Waals surface area contributed by atoms with E-state index in [1.54, 1.807) is 24.0 Å². The Labute approximate surface area is 323 Å². The van der Waals surface area contributed by atoms with Gasteiger partial charge < -0.3 is 43.4 Å². The number of ether oxygens (including phenoxy) is 2. The van der Waals surface area contributed by atoms with Crippen molar-refractivity contribution in [1.82, 2.24) is 0 Å². The number of anilines is 2. The van der Waals surface area contributed by atoms with Gasteiger partial charge in [-0.05, 0) is 99.9 Å². The van der Waals surface area contributed by atoms with Gasteiger partial charge in [-0.25, -0.2) is 24.6 Å². The average Bonchev–Trinajstić information content (AvgIpc) is 3.26. The monoisotopic (exact) mass is 834 g/mol. The van der Waals surface area contributed by atoms with E-state index in [0.29, 0.717) is 24.9 Å². The fraction of sp³-hybridized carbons (Fsp3) is 0.308. The fourth-order valence-electron chi connectivity index (χ4n) is 5.74. The maximum Gasteiger partial charge on any atom is 2.00 e. The van der Waals surface area contributed by atoms with Gasteiger partial charge in [0.2, 0.25) is 0 Å². The number of amidine groups is 2. The van der Waals surface area contributed by atoms with Crippen LogP contribution in [0.1, 0.15) is 44.5 Å². The molecule has 7 nitrogen and oxygen atoms in total. The van der Waals surface area contributed by atoms with Crippen LogP contribution in [-0.4, -0.2) is 45.1 Å². The Morgan fingerprint density at radius 2 is 0.735 bits per heavy atom. The first-order chi connectivity index (χ1) is 22.0. The van der Waals surface area contributed by atoms with Crippen molar-refractivity contribution in [3.05, 3.63) is 117 Å². The van der Waals surface area contributed by atoms with Crippen molar-refractivity contribution < 1.29 is 64.7 Å². The molecule has 1 heterocycles. The molecular weight excluding hydrogens is 791 g/mol. The first-order valence-electron chi connectivity index (χ1n) is 15.6.